The molecule has 0 heterocycles. The molecule has 0 amide bonds. The zero-order valence-corrected chi connectivity index (χ0v) is 13.3. The van der Waals surface area contributed by atoms with E-state index in [-0.39, 0.29) is 0 Å². The molecular weight excluding hydrogens is 224 g/mol. The van der Waals surface area contributed by atoms with Gasteiger partial charge < -0.3 is 4.43 Å². The zero-order valence-electron chi connectivity index (χ0n) is 12.3. The molecule has 0 aromatic heterocycles. The number of unbranched alkanes of at least 4 members (excludes halogenated alkanes) is 2. The Kier molecular flexibility index (Phi) is 6.79. The van der Waals surface area contributed by atoms with Gasteiger partial charge in [-0.2, -0.15) is 0 Å². The third-order valence-electron chi connectivity index (χ3n) is 4.40. The van der Waals surface area contributed by atoms with Crippen LogP contribution in [0.4, 0.5) is 0 Å². The van der Waals surface area contributed by atoms with Gasteiger partial charge in [0, 0.05) is 6.10 Å². The van der Waals surface area contributed by atoms with Crippen LogP contribution in [0.2, 0.25) is 11.6 Å². The van der Waals surface area contributed by atoms with Crippen molar-refractivity contribution in [1.82, 2.24) is 0 Å². The van der Waals surface area contributed by atoms with Crippen LogP contribution in [0.25, 0.3) is 0 Å². The highest BCUT2D eigenvalue weighted by Crippen LogP contribution is 2.45. The van der Waals surface area contributed by atoms with Crippen molar-refractivity contribution < 1.29 is 4.43 Å². The maximum atomic E-state index is 6.34. The van der Waals surface area contributed by atoms with Gasteiger partial charge in [0.05, 0.1) is 0 Å². The van der Waals surface area contributed by atoms with E-state index in [4.69, 9.17) is 4.43 Å². The Balaban J connectivity index is 2.28. The molecule has 0 spiro atoms. The molecule has 0 aliphatic heterocycles. The van der Waals surface area contributed by atoms with E-state index >= 15 is 0 Å². The minimum atomic E-state index is -0.624. The Morgan fingerprint density at radius 1 is 1.18 bits per heavy atom. The van der Waals surface area contributed by atoms with Gasteiger partial charge in [-0.1, -0.05) is 52.4 Å². The molecule has 1 radical (unpaired) electrons. The van der Waals surface area contributed by atoms with Crippen molar-refractivity contribution in [2.75, 3.05) is 0 Å². The molecule has 1 rings (SSSR count). The minimum Gasteiger partial charge on any atom is -0.414 e. The summed E-state index contributed by atoms with van der Waals surface area (Å²) in [6, 6.07) is 0. The van der Waals surface area contributed by atoms with Gasteiger partial charge in [-0.25, -0.2) is 0 Å². The molecule has 1 nitrogen and oxygen atoms in total. The molecule has 0 N–H and O–H groups in total. The summed E-state index contributed by atoms with van der Waals surface area (Å²) in [7, 11) is -0.624. The number of hydrogen-bond donors (Lipinski definition) is 0. The summed E-state index contributed by atoms with van der Waals surface area (Å²) in [4.78, 5) is 0. The molecule has 1 fully saturated rings. The molecular formula is C15H31OSi. The van der Waals surface area contributed by atoms with Gasteiger partial charge >= 0.3 is 0 Å². The van der Waals surface area contributed by atoms with Crippen molar-refractivity contribution in [3.8, 4) is 0 Å². The first kappa shape index (κ1) is 15.2. The molecule has 0 aromatic rings. The highest BCUT2D eigenvalue weighted by Gasteiger charge is 2.36. The van der Waals surface area contributed by atoms with Crippen LogP contribution in [0.3, 0.4) is 0 Å². The summed E-state index contributed by atoms with van der Waals surface area (Å²) in [5, 5.41) is 0.544. The molecule has 101 valence electrons. The monoisotopic (exact) mass is 255 g/mol. The van der Waals surface area contributed by atoms with Crippen LogP contribution in [-0.4, -0.2) is 15.1 Å². The van der Waals surface area contributed by atoms with Gasteiger partial charge in [0.1, 0.15) is 0 Å². The first-order chi connectivity index (χ1) is 8.08. The number of rotatable bonds is 7. The SMILES string of the molecule is CCCCCC(C)O[Si](C)C1(C)CCCCC1. The second-order valence-electron chi connectivity index (χ2n) is 6.10. The Morgan fingerprint density at radius 3 is 2.41 bits per heavy atom. The lowest BCUT2D eigenvalue weighted by atomic mass is 9.90. The Morgan fingerprint density at radius 2 is 1.82 bits per heavy atom. The van der Waals surface area contributed by atoms with Crippen molar-refractivity contribution in [2.24, 2.45) is 0 Å². The number of hydrogen-bond acceptors (Lipinski definition) is 1. The normalized spacial score (nSPS) is 21.7. The third-order valence-corrected chi connectivity index (χ3v) is 7.36. The highest BCUT2D eigenvalue weighted by atomic mass is 28.3. The van der Waals surface area contributed by atoms with Gasteiger partial charge in [0.25, 0.3) is 0 Å². The van der Waals surface area contributed by atoms with Crippen LogP contribution in [0, 0.1) is 0 Å². The zero-order chi connectivity index (χ0) is 12.7. The fourth-order valence-electron chi connectivity index (χ4n) is 2.87. The molecule has 1 atom stereocenters. The Labute approximate surface area is 110 Å². The fourth-order valence-corrected chi connectivity index (χ4v) is 4.93. The molecule has 0 aromatic carbocycles. The first-order valence-corrected chi connectivity index (χ1v) is 9.50. The second kappa shape index (κ2) is 7.58. The summed E-state index contributed by atoms with van der Waals surface area (Å²) in [5.41, 5.74) is 0. The predicted molar refractivity (Wildman–Crippen MR) is 77.8 cm³/mol. The molecule has 1 aliphatic carbocycles. The van der Waals surface area contributed by atoms with Gasteiger partial charge in [-0.05, 0) is 37.8 Å². The molecule has 2 heteroatoms. The van der Waals surface area contributed by atoms with Crippen molar-refractivity contribution >= 4 is 9.04 Å². The molecule has 0 saturated heterocycles. The fraction of sp³-hybridized carbons (Fsp3) is 1.00. The van der Waals surface area contributed by atoms with E-state index in [0.717, 1.165) is 0 Å². The van der Waals surface area contributed by atoms with Crippen LogP contribution in [0.15, 0.2) is 0 Å². The van der Waals surface area contributed by atoms with E-state index in [9.17, 15) is 0 Å². The smallest absolute Gasteiger partial charge is 0.214 e. The van der Waals surface area contributed by atoms with Gasteiger partial charge in [-0.3, -0.25) is 0 Å². The highest BCUT2D eigenvalue weighted by molar-refractivity contribution is 6.54. The maximum Gasteiger partial charge on any atom is 0.214 e. The van der Waals surface area contributed by atoms with Gasteiger partial charge in [-0.15, -0.1) is 0 Å². The quantitative estimate of drug-likeness (QED) is 0.442. The van der Waals surface area contributed by atoms with Crippen LogP contribution >= 0.6 is 0 Å². The van der Waals surface area contributed by atoms with Gasteiger partial charge in [0.15, 0.2) is 0 Å². The van der Waals surface area contributed by atoms with E-state index in [1.807, 2.05) is 0 Å². The van der Waals surface area contributed by atoms with Crippen molar-refractivity contribution in [2.45, 2.75) is 96.2 Å². The van der Waals surface area contributed by atoms with Crippen molar-refractivity contribution in [1.29, 1.82) is 0 Å². The third kappa shape index (κ3) is 5.13. The summed E-state index contributed by atoms with van der Waals surface area (Å²) in [5.74, 6) is 0. The lowest BCUT2D eigenvalue weighted by Gasteiger charge is -2.38. The molecule has 1 aliphatic rings. The van der Waals surface area contributed by atoms with E-state index < -0.39 is 9.04 Å². The minimum absolute atomic E-state index is 0.485. The van der Waals surface area contributed by atoms with Gasteiger partial charge in [0.2, 0.25) is 9.04 Å². The topological polar surface area (TPSA) is 9.23 Å². The van der Waals surface area contributed by atoms with Crippen LogP contribution in [0.1, 0.15) is 78.6 Å². The predicted octanol–water partition coefficient (Wildman–Crippen LogP) is 5.32. The Hall–Kier alpha value is 0.177. The second-order valence-corrected chi connectivity index (χ2v) is 8.66. The maximum absolute atomic E-state index is 6.34. The van der Waals surface area contributed by atoms with Crippen LogP contribution in [0.5, 0.6) is 0 Å². The van der Waals surface area contributed by atoms with E-state index in [1.165, 1.54) is 57.8 Å². The largest absolute Gasteiger partial charge is 0.414 e. The van der Waals surface area contributed by atoms with E-state index in [1.54, 1.807) is 0 Å². The molecule has 1 saturated carbocycles. The lowest BCUT2D eigenvalue weighted by Crippen LogP contribution is -2.35. The lowest BCUT2D eigenvalue weighted by molar-refractivity contribution is 0.187. The van der Waals surface area contributed by atoms with E-state index in [2.05, 4.69) is 27.3 Å². The summed E-state index contributed by atoms with van der Waals surface area (Å²) >= 11 is 0. The Bertz CT molecular complexity index is 199. The average Bonchev–Trinajstić information content (AvgIpc) is 2.30. The van der Waals surface area contributed by atoms with Crippen molar-refractivity contribution in [3.63, 3.8) is 0 Å². The molecule has 17 heavy (non-hydrogen) atoms. The summed E-state index contributed by atoms with van der Waals surface area (Å²) < 4.78 is 6.34. The summed E-state index contributed by atoms with van der Waals surface area (Å²) in [6.45, 7) is 9.41. The van der Waals surface area contributed by atoms with Crippen LogP contribution in [-0.2, 0) is 4.43 Å². The van der Waals surface area contributed by atoms with Crippen LogP contribution < -0.4 is 0 Å². The average molecular weight is 255 g/mol. The molecule has 1 unspecified atom stereocenters. The summed E-state index contributed by atoms with van der Waals surface area (Å²) in [6.07, 6.45) is 12.8. The standard InChI is InChI=1S/C15H31OSi/c1-5-6-8-11-14(2)16-17(4)15(3)12-9-7-10-13-15/h14H,5-13H2,1-4H3. The van der Waals surface area contributed by atoms with E-state index in [0.29, 0.717) is 11.1 Å². The first-order valence-electron chi connectivity index (χ1n) is 7.59. The van der Waals surface area contributed by atoms with Crippen molar-refractivity contribution in [3.05, 3.63) is 0 Å². The molecule has 0 bridgehead atoms.